The number of nitrogens with zero attached hydrogens (tertiary/aromatic N) is 5. The maximum Gasteiger partial charge on any atom is 0.250 e. The largest absolute Gasteiger partial charge is 0.396 e. The zero-order valence-corrected chi connectivity index (χ0v) is 12.7. The Kier molecular flexibility index (Phi) is 2.78. The zero-order valence-electron chi connectivity index (χ0n) is 12.7. The van der Waals surface area contributed by atoms with Gasteiger partial charge in [-0.1, -0.05) is 23.3 Å². The molecule has 3 aliphatic rings. The number of benzene rings is 1. The number of aromatic nitrogens is 4. The molecule has 0 amide bonds. The van der Waals surface area contributed by atoms with Crippen LogP contribution in [0, 0.1) is 11.8 Å². The van der Waals surface area contributed by atoms with E-state index in [1.165, 1.54) is 0 Å². The van der Waals surface area contributed by atoms with Crippen LogP contribution in [0.3, 0.4) is 0 Å². The average molecular weight is 313 g/mol. The highest BCUT2D eigenvalue weighted by Gasteiger charge is 2.63. The molecule has 5 rings (SSSR count). The summed E-state index contributed by atoms with van der Waals surface area (Å²) in [5, 5.41) is 22.0. The van der Waals surface area contributed by atoms with Gasteiger partial charge < -0.3 is 14.7 Å². The average Bonchev–Trinajstić information content (AvgIpc) is 3.33. The summed E-state index contributed by atoms with van der Waals surface area (Å²) in [4.78, 5) is 2.21. The third-order valence-electron chi connectivity index (χ3n) is 5.73. The van der Waals surface area contributed by atoms with Crippen LogP contribution in [0.2, 0.25) is 0 Å². The Morgan fingerprint density at radius 2 is 2.17 bits per heavy atom. The Labute approximate surface area is 133 Å². The first kappa shape index (κ1) is 13.4. The van der Waals surface area contributed by atoms with Crippen LogP contribution in [0.25, 0.3) is 5.69 Å². The SMILES string of the molecule is OC[C@H]1[C@@H]2CC[C@@]3(CN(c4nnnn4-c4ccccc4)C[C@@H]13)O2. The van der Waals surface area contributed by atoms with Gasteiger partial charge in [0.15, 0.2) is 0 Å². The molecule has 0 radical (unpaired) electrons. The highest BCUT2D eigenvalue weighted by atomic mass is 16.5. The molecule has 0 aliphatic carbocycles. The van der Waals surface area contributed by atoms with Crippen LogP contribution in [0.1, 0.15) is 12.8 Å². The van der Waals surface area contributed by atoms with Crippen molar-refractivity contribution in [2.75, 3.05) is 24.6 Å². The molecule has 0 saturated carbocycles. The van der Waals surface area contributed by atoms with Crippen LogP contribution >= 0.6 is 0 Å². The molecule has 1 aromatic carbocycles. The first-order valence-electron chi connectivity index (χ1n) is 8.18. The van der Waals surface area contributed by atoms with Crippen molar-refractivity contribution in [2.24, 2.45) is 11.8 Å². The normalized spacial score (nSPS) is 35.0. The van der Waals surface area contributed by atoms with Crippen molar-refractivity contribution in [3.8, 4) is 5.69 Å². The van der Waals surface area contributed by atoms with Crippen molar-refractivity contribution in [2.45, 2.75) is 24.5 Å². The highest BCUT2D eigenvalue weighted by Crippen LogP contribution is 2.55. The number of ether oxygens (including phenoxy) is 1. The van der Waals surface area contributed by atoms with Crippen molar-refractivity contribution < 1.29 is 9.84 Å². The third kappa shape index (κ3) is 1.80. The molecule has 0 unspecified atom stereocenters. The molecule has 7 nitrogen and oxygen atoms in total. The fourth-order valence-electron chi connectivity index (χ4n) is 4.70. The standard InChI is InChI=1S/C16H19N5O2/c22-9-12-13-8-20(10-16(13)7-6-14(12)23-16)15-17-18-19-21(15)11-4-2-1-3-5-11/h1-5,12-14,22H,6-10H2/t12-,13+,14+,16+/m1/s1. The number of aliphatic hydroxyl groups is 1. The molecule has 1 aromatic heterocycles. The number of rotatable bonds is 3. The predicted octanol–water partition coefficient (Wildman–Crippen LogP) is 0.638. The molecular formula is C16H19N5O2. The number of fused-ring (bicyclic) bond motifs is 1. The smallest absolute Gasteiger partial charge is 0.250 e. The first-order valence-corrected chi connectivity index (χ1v) is 8.18. The van der Waals surface area contributed by atoms with E-state index in [2.05, 4.69) is 20.4 Å². The number of anilines is 1. The van der Waals surface area contributed by atoms with Crippen LogP contribution in [0.4, 0.5) is 5.95 Å². The van der Waals surface area contributed by atoms with Crippen LogP contribution in [-0.4, -0.2) is 56.7 Å². The number of hydrogen-bond acceptors (Lipinski definition) is 6. The minimum absolute atomic E-state index is 0.120. The summed E-state index contributed by atoms with van der Waals surface area (Å²) in [5.74, 6) is 1.37. The second-order valence-corrected chi connectivity index (χ2v) is 6.82. The van der Waals surface area contributed by atoms with Crippen molar-refractivity contribution in [1.82, 2.24) is 20.2 Å². The molecule has 120 valence electrons. The molecule has 1 N–H and O–H groups in total. The number of tetrazole rings is 1. The summed E-state index contributed by atoms with van der Waals surface area (Å²) in [6, 6.07) is 9.92. The van der Waals surface area contributed by atoms with Gasteiger partial charge in [-0.2, -0.15) is 4.68 Å². The van der Waals surface area contributed by atoms with E-state index in [-0.39, 0.29) is 24.2 Å². The zero-order chi connectivity index (χ0) is 15.4. The van der Waals surface area contributed by atoms with Crippen molar-refractivity contribution in [3.05, 3.63) is 30.3 Å². The quantitative estimate of drug-likeness (QED) is 0.896. The Morgan fingerprint density at radius 3 is 3.00 bits per heavy atom. The van der Waals surface area contributed by atoms with E-state index in [1.54, 1.807) is 4.68 Å². The minimum atomic E-state index is -0.120. The summed E-state index contributed by atoms with van der Waals surface area (Å²) in [7, 11) is 0. The molecule has 3 fully saturated rings. The Balaban J connectivity index is 1.48. The molecule has 2 aromatic rings. The van der Waals surface area contributed by atoms with Gasteiger partial charge in [-0.3, -0.25) is 0 Å². The molecule has 2 bridgehead atoms. The molecule has 4 heterocycles. The second-order valence-electron chi connectivity index (χ2n) is 6.82. The lowest BCUT2D eigenvalue weighted by Crippen LogP contribution is -2.37. The summed E-state index contributed by atoms with van der Waals surface area (Å²) < 4.78 is 8.06. The number of aliphatic hydroxyl groups excluding tert-OH is 1. The molecule has 1 spiro atoms. The van der Waals surface area contributed by atoms with Crippen molar-refractivity contribution in [3.63, 3.8) is 0 Å². The predicted molar refractivity (Wildman–Crippen MR) is 82.3 cm³/mol. The van der Waals surface area contributed by atoms with E-state index < -0.39 is 0 Å². The fourth-order valence-corrected chi connectivity index (χ4v) is 4.70. The van der Waals surface area contributed by atoms with E-state index in [4.69, 9.17) is 4.74 Å². The lowest BCUT2D eigenvalue weighted by Gasteiger charge is -2.27. The van der Waals surface area contributed by atoms with E-state index in [0.717, 1.165) is 37.6 Å². The van der Waals surface area contributed by atoms with Crippen LogP contribution in [0.15, 0.2) is 30.3 Å². The fraction of sp³-hybridized carbons (Fsp3) is 0.562. The van der Waals surface area contributed by atoms with Gasteiger partial charge in [0, 0.05) is 25.0 Å². The highest BCUT2D eigenvalue weighted by molar-refractivity contribution is 5.43. The summed E-state index contributed by atoms with van der Waals surface area (Å²) >= 11 is 0. The number of para-hydroxylation sites is 1. The van der Waals surface area contributed by atoms with E-state index in [1.807, 2.05) is 30.3 Å². The van der Waals surface area contributed by atoms with Crippen LogP contribution in [-0.2, 0) is 4.74 Å². The molecule has 4 atom stereocenters. The maximum absolute atomic E-state index is 9.74. The van der Waals surface area contributed by atoms with Gasteiger partial charge in [-0.25, -0.2) is 0 Å². The van der Waals surface area contributed by atoms with Gasteiger partial charge in [-0.15, -0.1) is 0 Å². The van der Waals surface area contributed by atoms with Crippen LogP contribution in [0.5, 0.6) is 0 Å². The lowest BCUT2D eigenvalue weighted by molar-refractivity contribution is 0.0128. The minimum Gasteiger partial charge on any atom is -0.396 e. The van der Waals surface area contributed by atoms with Crippen LogP contribution < -0.4 is 4.90 Å². The second kappa shape index (κ2) is 4.75. The first-order chi connectivity index (χ1) is 11.3. The number of hydrogen-bond donors (Lipinski definition) is 1. The van der Waals surface area contributed by atoms with Gasteiger partial charge in [0.25, 0.3) is 0 Å². The molecular weight excluding hydrogens is 294 g/mol. The van der Waals surface area contributed by atoms with E-state index in [9.17, 15) is 5.11 Å². The summed E-state index contributed by atoms with van der Waals surface area (Å²) in [6.45, 7) is 1.85. The van der Waals surface area contributed by atoms with Gasteiger partial charge in [0.05, 0.1) is 23.9 Å². The van der Waals surface area contributed by atoms with E-state index in [0.29, 0.717) is 5.92 Å². The summed E-state index contributed by atoms with van der Waals surface area (Å²) in [6.07, 6.45) is 2.36. The summed E-state index contributed by atoms with van der Waals surface area (Å²) in [5.41, 5.74) is 0.830. The monoisotopic (exact) mass is 313 g/mol. The maximum atomic E-state index is 9.74. The van der Waals surface area contributed by atoms with Gasteiger partial charge in [0.2, 0.25) is 5.95 Å². The van der Waals surface area contributed by atoms with Gasteiger partial charge in [-0.05, 0) is 35.4 Å². The molecule has 23 heavy (non-hydrogen) atoms. The Hall–Kier alpha value is -1.99. The van der Waals surface area contributed by atoms with Gasteiger partial charge >= 0.3 is 0 Å². The lowest BCUT2D eigenvalue weighted by atomic mass is 9.74. The van der Waals surface area contributed by atoms with Crippen molar-refractivity contribution in [1.29, 1.82) is 0 Å². The molecule has 3 aliphatic heterocycles. The topological polar surface area (TPSA) is 76.3 Å². The van der Waals surface area contributed by atoms with Gasteiger partial charge in [0.1, 0.15) is 0 Å². The van der Waals surface area contributed by atoms with E-state index >= 15 is 0 Å². The Morgan fingerprint density at radius 1 is 1.30 bits per heavy atom. The third-order valence-corrected chi connectivity index (χ3v) is 5.73. The molecule has 3 saturated heterocycles. The Bertz CT molecular complexity index is 720. The van der Waals surface area contributed by atoms with Crippen molar-refractivity contribution >= 4 is 5.95 Å². The molecule has 7 heteroatoms.